The molecule has 1 N–H and O–H groups in total. The third-order valence-corrected chi connectivity index (χ3v) is 10.7. The maximum atomic E-state index is 11.5. The highest BCUT2D eigenvalue weighted by Gasteiger charge is 2.23. The second-order valence-electron chi connectivity index (χ2n) is 16.7. The Hall–Kier alpha value is -6.26. The number of phenolic OH excluding ortho intramolecular Hbond substituents is 1. The number of phenols is 1. The minimum Gasteiger partial charge on any atom is -0.507 e. The highest BCUT2D eigenvalue weighted by atomic mass is 16.3. The van der Waals surface area contributed by atoms with E-state index in [1.54, 1.807) is 99.0 Å². The first-order valence-electron chi connectivity index (χ1n) is 30.3. The Morgan fingerprint density at radius 1 is 0.639 bits per heavy atom. The van der Waals surface area contributed by atoms with Crippen LogP contribution in [0.15, 0.2) is 139 Å². The second-order valence-corrected chi connectivity index (χ2v) is 16.7. The number of fused-ring (bicyclic) bond motifs is 1. The summed E-state index contributed by atoms with van der Waals surface area (Å²) >= 11 is 0. The molecular formula is C57H59N3O. The van der Waals surface area contributed by atoms with Crippen molar-refractivity contribution in [3.05, 3.63) is 167 Å². The molecule has 4 nitrogen and oxygen atoms in total. The Balaban J connectivity index is 1.40. The third kappa shape index (κ3) is 8.29. The average Bonchev–Trinajstić information content (AvgIpc) is 0.831. The number of pyridine rings is 1. The van der Waals surface area contributed by atoms with Gasteiger partial charge in [-0.3, -0.25) is 9.55 Å². The first-order chi connectivity index (χ1) is 37.4. The number of para-hydroxylation sites is 2. The van der Waals surface area contributed by atoms with Crippen molar-refractivity contribution in [3.63, 3.8) is 0 Å². The minimum absolute atomic E-state index is 0.0814. The predicted molar refractivity (Wildman–Crippen MR) is 258 cm³/mol. The van der Waals surface area contributed by atoms with Crippen molar-refractivity contribution in [2.45, 2.75) is 98.5 Å². The number of hydrogen-bond acceptors (Lipinski definition) is 3. The van der Waals surface area contributed by atoms with E-state index in [-0.39, 0.29) is 39.6 Å². The van der Waals surface area contributed by atoms with Gasteiger partial charge < -0.3 is 5.11 Å². The van der Waals surface area contributed by atoms with Gasteiger partial charge in [-0.1, -0.05) is 148 Å². The Kier molecular flexibility index (Phi) is 6.05. The molecule has 0 unspecified atom stereocenters. The van der Waals surface area contributed by atoms with Gasteiger partial charge in [0.25, 0.3) is 0 Å². The molecule has 0 aliphatic rings. The zero-order valence-corrected chi connectivity index (χ0v) is 35.0. The number of aryl methyl sites for hydroxylation is 1. The van der Waals surface area contributed by atoms with Crippen molar-refractivity contribution in [2.24, 2.45) is 0 Å². The number of imidazole rings is 1. The molecule has 0 fully saturated rings. The van der Waals surface area contributed by atoms with Gasteiger partial charge in [0.1, 0.15) is 11.6 Å². The van der Waals surface area contributed by atoms with Crippen molar-refractivity contribution in [1.82, 2.24) is 14.5 Å². The van der Waals surface area contributed by atoms with Gasteiger partial charge in [-0.05, 0) is 140 Å². The minimum atomic E-state index is -3.95. The number of aromatic hydroxyl groups is 1. The summed E-state index contributed by atoms with van der Waals surface area (Å²) in [6.07, 6.45) is -0.788. The van der Waals surface area contributed by atoms with Crippen LogP contribution < -0.4 is 0 Å². The molecule has 2 heterocycles. The lowest BCUT2D eigenvalue weighted by molar-refractivity contribution is 0.477. The molecule has 0 spiro atoms. The van der Waals surface area contributed by atoms with Crippen LogP contribution in [0.2, 0.25) is 0 Å². The van der Waals surface area contributed by atoms with Crippen molar-refractivity contribution >= 4 is 11.0 Å². The summed E-state index contributed by atoms with van der Waals surface area (Å²) in [6, 6.07) is 20.7. The van der Waals surface area contributed by atoms with E-state index in [0.29, 0.717) is 50.0 Å². The van der Waals surface area contributed by atoms with Crippen LogP contribution in [0, 0.1) is 6.85 Å². The topological polar surface area (TPSA) is 50.9 Å². The zero-order chi connectivity index (χ0) is 61.3. The number of hydrogen-bond donors (Lipinski definition) is 1. The average molecular weight is 823 g/mol. The van der Waals surface area contributed by atoms with Crippen LogP contribution in [-0.4, -0.2) is 19.6 Å². The molecule has 0 bridgehead atoms. The number of nitrogens with zero attached hydrogens (tertiary/aromatic N) is 3. The highest BCUT2D eigenvalue weighted by Crippen LogP contribution is 2.41. The molecule has 308 valence electrons. The molecule has 0 radical (unpaired) electrons. The molecular weight excluding hydrogens is 743 g/mol. The lowest BCUT2D eigenvalue weighted by Gasteiger charge is -2.22. The number of aromatic nitrogens is 3. The summed E-state index contributed by atoms with van der Waals surface area (Å²) in [5.41, 5.74) is -2.62. The zero-order valence-electron chi connectivity index (χ0n) is 56.0. The van der Waals surface area contributed by atoms with E-state index in [4.69, 9.17) is 32.4 Å². The van der Waals surface area contributed by atoms with Crippen LogP contribution in [0.4, 0.5) is 0 Å². The van der Waals surface area contributed by atoms with Gasteiger partial charge in [0, 0.05) is 36.5 Å². The normalized spacial score (nSPS) is 18.4. The lowest BCUT2D eigenvalue weighted by Crippen LogP contribution is -2.11. The van der Waals surface area contributed by atoms with E-state index in [1.165, 1.54) is 6.07 Å². The van der Waals surface area contributed by atoms with Crippen molar-refractivity contribution in [1.29, 1.82) is 0 Å². The number of rotatable bonds is 8. The van der Waals surface area contributed by atoms with Gasteiger partial charge in [-0.15, -0.1) is 0 Å². The fraction of sp³-hybridized carbons (Fsp3) is 0.263. The molecule has 6 aromatic carbocycles. The van der Waals surface area contributed by atoms with E-state index in [9.17, 15) is 6.48 Å². The SMILES string of the molecule is [2H]c1nc(-c2cc(-c3cccc4c3nc(-c3ccccc3O)n4-c3ccc(-c4cc(C([2H])(C)C)cc(C([2H])(C)C)c4)cc3C([2H])([2H])[2H])cc(C(C)(C)C)c2)c([2H])c(-c2c([2H])c([2H])c(C(C([2H])([2H])[2H])(C([2H])([2H])[2H])C([2H])([2H])[2H])c([2H])c2[2H])c1[2H]. The van der Waals surface area contributed by atoms with E-state index in [2.05, 4.69) is 4.98 Å². The van der Waals surface area contributed by atoms with Gasteiger partial charge in [0.05, 0.1) is 37.6 Å². The van der Waals surface area contributed by atoms with E-state index in [0.717, 1.165) is 0 Å². The summed E-state index contributed by atoms with van der Waals surface area (Å²) in [4.78, 5) is 9.50. The number of benzene rings is 6. The molecule has 0 aliphatic carbocycles. The van der Waals surface area contributed by atoms with E-state index < -0.39 is 109 Å². The van der Waals surface area contributed by atoms with Gasteiger partial charge in [-0.2, -0.15) is 0 Å². The highest BCUT2D eigenvalue weighted by molar-refractivity contribution is 5.97. The fourth-order valence-electron chi connectivity index (χ4n) is 7.26. The van der Waals surface area contributed by atoms with Gasteiger partial charge in [0.15, 0.2) is 0 Å². The first kappa shape index (κ1) is 23.1. The van der Waals surface area contributed by atoms with Gasteiger partial charge in [0.2, 0.25) is 0 Å². The molecule has 0 aliphatic heterocycles. The monoisotopic (exact) mass is 823 g/mol. The maximum Gasteiger partial charge on any atom is 0.149 e. The molecule has 4 heteroatoms. The van der Waals surface area contributed by atoms with Gasteiger partial charge >= 0.3 is 0 Å². The molecule has 0 atom stereocenters. The Bertz CT molecular complexity index is 3770. The van der Waals surface area contributed by atoms with E-state index >= 15 is 0 Å². The molecule has 8 rings (SSSR count). The molecule has 0 amide bonds. The molecule has 0 saturated carbocycles. The Morgan fingerprint density at radius 3 is 2.02 bits per heavy atom. The summed E-state index contributed by atoms with van der Waals surface area (Å²) in [7, 11) is 0. The van der Waals surface area contributed by atoms with Crippen LogP contribution in [0.1, 0.15) is 137 Å². The summed E-state index contributed by atoms with van der Waals surface area (Å²) in [5.74, 6) is -2.12. The summed E-state index contributed by atoms with van der Waals surface area (Å²) in [5, 5.41) is 11.5. The molecule has 0 saturated heterocycles. The molecule has 8 aromatic rings. The van der Waals surface area contributed by atoms with Crippen LogP contribution in [0.25, 0.3) is 72.7 Å². The van der Waals surface area contributed by atoms with Crippen LogP contribution >= 0.6 is 0 Å². The smallest absolute Gasteiger partial charge is 0.149 e. The lowest BCUT2D eigenvalue weighted by atomic mass is 9.83. The summed E-state index contributed by atoms with van der Waals surface area (Å²) < 4.78 is 184. The summed E-state index contributed by atoms with van der Waals surface area (Å²) in [6.45, 7) is -1.94. The Morgan fingerprint density at radius 2 is 1.34 bits per heavy atom. The third-order valence-electron chi connectivity index (χ3n) is 10.7. The standard InChI is InChI=1S/C57H59N3O/c1-35(2)41-28-42(36(3)4)30-43(29-41)39-21-24-51(37(5)27-39)60-52-17-14-16-48(54(52)59-55(60)49-15-12-13-18-53(49)61)44-31-45(33-47(32-44)57(9,10)11)50-34-40(25-26-58-50)38-19-22-46(23-20-38)56(6,7)8/h12-36,61H,1-11H3/i5D3,6D3,7D3,8D3,19D,20D,22D,23D,25D,26D,34D,35D,36D. The van der Waals surface area contributed by atoms with Crippen molar-refractivity contribution in [2.75, 3.05) is 0 Å². The second kappa shape index (κ2) is 16.0. The van der Waals surface area contributed by atoms with Crippen molar-refractivity contribution in [3.8, 4) is 67.5 Å². The quantitative estimate of drug-likeness (QED) is 0.166. The predicted octanol–water partition coefficient (Wildman–Crippen LogP) is 15.6. The maximum absolute atomic E-state index is 11.5. The first-order valence-corrected chi connectivity index (χ1v) is 19.8. The largest absolute Gasteiger partial charge is 0.507 e. The van der Waals surface area contributed by atoms with Crippen LogP contribution in [0.5, 0.6) is 5.75 Å². The Labute approximate surface area is 392 Å². The molecule has 61 heavy (non-hydrogen) atoms. The molecule has 2 aromatic heterocycles. The van der Waals surface area contributed by atoms with Gasteiger partial charge in [-0.25, -0.2) is 4.98 Å². The van der Waals surface area contributed by atoms with Crippen LogP contribution in [0.3, 0.4) is 0 Å². The van der Waals surface area contributed by atoms with Crippen LogP contribution in [-0.2, 0) is 10.8 Å². The van der Waals surface area contributed by atoms with E-state index in [1.807, 2.05) is 45.0 Å². The fourth-order valence-corrected chi connectivity index (χ4v) is 7.26. The van der Waals surface area contributed by atoms with Crippen molar-refractivity contribution < 1.29 is 33.9 Å².